The first-order valence-corrected chi connectivity index (χ1v) is 10.4. The second kappa shape index (κ2) is 7.64. The Hall–Kier alpha value is -3.93. The van der Waals surface area contributed by atoms with Gasteiger partial charge in [-0.1, -0.05) is 6.07 Å². The molecular formula is C26H21FN2O3. The lowest BCUT2D eigenvalue weighted by molar-refractivity contribution is 0.0982. The van der Waals surface area contributed by atoms with Gasteiger partial charge in [0, 0.05) is 35.3 Å². The first-order chi connectivity index (χ1) is 15.4. The molecule has 1 aliphatic rings. The van der Waals surface area contributed by atoms with Crippen molar-refractivity contribution in [2.75, 3.05) is 11.4 Å². The van der Waals surface area contributed by atoms with E-state index in [4.69, 9.17) is 4.98 Å². The minimum atomic E-state index is -0.322. The summed E-state index contributed by atoms with van der Waals surface area (Å²) >= 11 is 0. The van der Waals surface area contributed by atoms with Crippen LogP contribution in [0, 0.1) is 12.7 Å². The van der Waals surface area contributed by atoms with E-state index in [1.807, 2.05) is 31.2 Å². The van der Waals surface area contributed by atoms with Gasteiger partial charge in [-0.15, -0.1) is 0 Å². The Morgan fingerprint density at radius 2 is 1.88 bits per heavy atom. The minimum absolute atomic E-state index is 0.0964. The first-order valence-electron chi connectivity index (χ1n) is 10.4. The molecule has 2 heterocycles. The van der Waals surface area contributed by atoms with Gasteiger partial charge in [-0.3, -0.25) is 4.79 Å². The predicted octanol–water partition coefficient (Wildman–Crippen LogP) is 5.35. The molecule has 0 atom stereocenters. The number of aromatic nitrogens is 1. The quantitative estimate of drug-likeness (QED) is 0.451. The molecule has 0 unspecified atom stereocenters. The summed E-state index contributed by atoms with van der Waals surface area (Å²) in [7, 11) is 0. The molecule has 0 aliphatic carbocycles. The maximum Gasteiger partial charge on any atom is 0.262 e. The van der Waals surface area contributed by atoms with Crippen molar-refractivity contribution in [3.8, 4) is 22.8 Å². The number of phenols is 2. The topological polar surface area (TPSA) is 73.7 Å². The van der Waals surface area contributed by atoms with E-state index in [1.54, 1.807) is 11.0 Å². The van der Waals surface area contributed by atoms with E-state index in [-0.39, 0.29) is 28.8 Å². The lowest BCUT2D eigenvalue weighted by atomic mass is 9.95. The molecule has 0 saturated heterocycles. The predicted molar refractivity (Wildman–Crippen MR) is 122 cm³/mol. The van der Waals surface area contributed by atoms with Crippen LogP contribution in [0.4, 0.5) is 10.1 Å². The standard InChI is InChI=1S/C26H21FN2O3/c1-15-11-16-4-6-19(27)13-22(16)28-25(15)18-5-9-23-17(12-18)3-2-10-29(23)26(32)21-8-7-20(30)14-24(21)31/h4-9,11-14,30-31H,2-3,10H2,1H3. The van der Waals surface area contributed by atoms with Crippen molar-refractivity contribution >= 4 is 22.5 Å². The molecule has 0 spiro atoms. The molecule has 2 N–H and O–H groups in total. The van der Waals surface area contributed by atoms with E-state index >= 15 is 0 Å². The summed E-state index contributed by atoms with van der Waals surface area (Å²) in [5.41, 5.74) is 5.24. The molecule has 32 heavy (non-hydrogen) atoms. The van der Waals surface area contributed by atoms with Crippen LogP contribution in [-0.4, -0.2) is 27.6 Å². The van der Waals surface area contributed by atoms with E-state index < -0.39 is 0 Å². The largest absolute Gasteiger partial charge is 0.508 e. The van der Waals surface area contributed by atoms with Crippen LogP contribution in [0.5, 0.6) is 11.5 Å². The maximum absolute atomic E-state index is 13.7. The summed E-state index contributed by atoms with van der Waals surface area (Å²) in [6, 6.07) is 16.4. The fourth-order valence-corrected chi connectivity index (χ4v) is 4.34. The Kier molecular flexibility index (Phi) is 4.78. The number of phenolic OH excluding ortho intramolecular Hbond substituents is 2. The third-order valence-corrected chi connectivity index (χ3v) is 5.90. The molecule has 0 saturated carbocycles. The Morgan fingerprint density at radius 3 is 2.69 bits per heavy atom. The second-order valence-electron chi connectivity index (χ2n) is 8.10. The first kappa shape index (κ1) is 20.0. The van der Waals surface area contributed by atoms with Crippen molar-refractivity contribution in [3.05, 3.63) is 83.2 Å². The molecule has 0 radical (unpaired) electrons. The monoisotopic (exact) mass is 428 g/mol. The minimum Gasteiger partial charge on any atom is -0.508 e. The smallest absolute Gasteiger partial charge is 0.262 e. The number of aryl methyl sites for hydroxylation is 2. The van der Waals surface area contributed by atoms with Gasteiger partial charge in [-0.05, 0) is 73.4 Å². The Bertz CT molecular complexity index is 1380. The fraction of sp³-hybridized carbons (Fsp3) is 0.154. The van der Waals surface area contributed by atoms with Crippen LogP contribution in [0.2, 0.25) is 0 Å². The molecule has 4 aromatic rings. The van der Waals surface area contributed by atoms with Crippen LogP contribution in [-0.2, 0) is 6.42 Å². The number of rotatable bonds is 2. The highest BCUT2D eigenvalue weighted by molar-refractivity contribution is 6.08. The fourth-order valence-electron chi connectivity index (χ4n) is 4.34. The van der Waals surface area contributed by atoms with Crippen molar-refractivity contribution in [2.45, 2.75) is 19.8 Å². The van der Waals surface area contributed by atoms with Gasteiger partial charge in [0.1, 0.15) is 17.3 Å². The van der Waals surface area contributed by atoms with E-state index in [2.05, 4.69) is 0 Å². The number of halogens is 1. The summed E-state index contributed by atoms with van der Waals surface area (Å²) < 4.78 is 13.7. The van der Waals surface area contributed by atoms with Crippen LogP contribution >= 0.6 is 0 Å². The van der Waals surface area contributed by atoms with E-state index in [1.165, 1.54) is 24.3 Å². The number of pyridine rings is 1. The van der Waals surface area contributed by atoms with E-state index in [0.29, 0.717) is 12.1 Å². The van der Waals surface area contributed by atoms with Gasteiger partial charge in [0.05, 0.1) is 16.8 Å². The van der Waals surface area contributed by atoms with Crippen LogP contribution < -0.4 is 4.90 Å². The lowest BCUT2D eigenvalue weighted by Gasteiger charge is -2.30. The Morgan fingerprint density at radius 1 is 1.03 bits per heavy atom. The van der Waals surface area contributed by atoms with Crippen molar-refractivity contribution < 1.29 is 19.4 Å². The number of hydrogen-bond acceptors (Lipinski definition) is 4. The SMILES string of the molecule is Cc1cc2ccc(F)cc2nc1-c1ccc2c(c1)CCCN2C(=O)c1ccc(O)cc1O. The molecule has 1 aromatic heterocycles. The summed E-state index contributed by atoms with van der Waals surface area (Å²) in [6.07, 6.45) is 1.60. The number of fused-ring (bicyclic) bond motifs is 2. The number of amides is 1. The van der Waals surface area contributed by atoms with E-state index in [9.17, 15) is 19.4 Å². The zero-order valence-corrected chi connectivity index (χ0v) is 17.5. The highest BCUT2D eigenvalue weighted by Gasteiger charge is 2.26. The number of hydrogen-bond donors (Lipinski definition) is 2. The molecule has 0 fully saturated rings. The summed E-state index contributed by atoms with van der Waals surface area (Å²) in [5, 5.41) is 20.5. The van der Waals surface area contributed by atoms with E-state index in [0.717, 1.165) is 52.4 Å². The number of benzene rings is 3. The van der Waals surface area contributed by atoms with Gasteiger partial charge in [-0.2, -0.15) is 0 Å². The van der Waals surface area contributed by atoms with Crippen molar-refractivity contribution in [3.63, 3.8) is 0 Å². The number of carbonyl (C=O) groups excluding carboxylic acids is 1. The third kappa shape index (κ3) is 3.43. The summed E-state index contributed by atoms with van der Waals surface area (Å²) in [5.74, 6) is -0.980. The molecular weight excluding hydrogens is 407 g/mol. The van der Waals surface area contributed by atoms with Gasteiger partial charge >= 0.3 is 0 Å². The highest BCUT2D eigenvalue weighted by atomic mass is 19.1. The molecule has 160 valence electrons. The number of anilines is 1. The van der Waals surface area contributed by atoms with Crippen molar-refractivity contribution in [2.24, 2.45) is 0 Å². The molecule has 3 aromatic carbocycles. The zero-order valence-electron chi connectivity index (χ0n) is 17.5. The van der Waals surface area contributed by atoms with Gasteiger partial charge in [-0.25, -0.2) is 9.37 Å². The zero-order chi connectivity index (χ0) is 22.4. The van der Waals surface area contributed by atoms with Crippen molar-refractivity contribution in [1.29, 1.82) is 0 Å². The normalized spacial score (nSPS) is 13.2. The number of carbonyl (C=O) groups is 1. The van der Waals surface area contributed by atoms with Gasteiger partial charge in [0.15, 0.2) is 0 Å². The number of nitrogens with zero attached hydrogens (tertiary/aromatic N) is 2. The van der Waals surface area contributed by atoms with Crippen molar-refractivity contribution in [1.82, 2.24) is 4.98 Å². The van der Waals surface area contributed by atoms with Gasteiger partial charge in [0.25, 0.3) is 5.91 Å². The maximum atomic E-state index is 13.7. The van der Waals surface area contributed by atoms with Gasteiger partial charge < -0.3 is 15.1 Å². The summed E-state index contributed by atoms with van der Waals surface area (Å²) in [6.45, 7) is 2.52. The summed E-state index contributed by atoms with van der Waals surface area (Å²) in [4.78, 5) is 19.5. The molecule has 6 heteroatoms. The molecule has 1 aliphatic heterocycles. The lowest BCUT2D eigenvalue weighted by Crippen LogP contribution is -2.35. The van der Waals surface area contributed by atoms with Crippen LogP contribution in [0.15, 0.2) is 60.7 Å². The molecule has 1 amide bonds. The second-order valence-corrected chi connectivity index (χ2v) is 8.10. The third-order valence-electron chi connectivity index (χ3n) is 5.90. The molecule has 0 bridgehead atoms. The molecule has 5 nitrogen and oxygen atoms in total. The van der Waals surface area contributed by atoms with Crippen LogP contribution in [0.1, 0.15) is 27.9 Å². The Labute approximate surface area is 184 Å². The average Bonchev–Trinajstić information content (AvgIpc) is 2.77. The van der Waals surface area contributed by atoms with Crippen LogP contribution in [0.25, 0.3) is 22.2 Å². The Balaban J connectivity index is 1.54. The van der Waals surface area contributed by atoms with Gasteiger partial charge in [0.2, 0.25) is 0 Å². The highest BCUT2D eigenvalue weighted by Crippen LogP contribution is 2.35. The molecule has 5 rings (SSSR count). The average molecular weight is 428 g/mol. The number of aromatic hydroxyl groups is 2. The van der Waals surface area contributed by atoms with Crippen LogP contribution in [0.3, 0.4) is 0 Å².